The fraction of sp³-hybridized carbons (Fsp3) is 0.276. The maximum atomic E-state index is 11.2. The van der Waals surface area contributed by atoms with Crippen LogP contribution in [0.15, 0.2) is 91.0 Å². The molecule has 0 unspecified atom stereocenters. The third-order valence-electron chi connectivity index (χ3n) is 6.12. The number of ether oxygens (including phenoxy) is 2. The summed E-state index contributed by atoms with van der Waals surface area (Å²) in [6, 6.07) is 26.9. The lowest BCUT2D eigenvalue weighted by molar-refractivity contribution is -0.104. The molecule has 3 aromatic rings. The fourth-order valence-electron chi connectivity index (χ4n) is 4.46. The van der Waals surface area contributed by atoms with E-state index in [1.54, 1.807) is 14.2 Å². The molecule has 34 heavy (non-hydrogen) atoms. The fourth-order valence-corrected chi connectivity index (χ4v) is 9.05. The third-order valence-corrected chi connectivity index (χ3v) is 11.1. The van der Waals surface area contributed by atoms with Crippen LogP contribution in [0.25, 0.3) is 0 Å². The normalized spacial score (nSPS) is 13.0. The lowest BCUT2D eigenvalue weighted by atomic mass is 9.99. The van der Waals surface area contributed by atoms with Gasteiger partial charge in [0, 0.05) is 18.6 Å². The highest BCUT2D eigenvalue weighted by Crippen LogP contribution is 2.38. The summed E-state index contributed by atoms with van der Waals surface area (Å²) in [6.07, 6.45) is 4.22. The molecule has 0 radical (unpaired) electrons. The minimum absolute atomic E-state index is 0.138. The number of hydrogen-bond donors (Lipinski definition) is 0. The second-order valence-electron chi connectivity index (χ2n) is 9.25. The molecular formula is C29H34O4Si. The number of allylic oxidation sites excluding steroid dienone is 1. The molecule has 5 heteroatoms. The molecule has 1 atom stereocenters. The molecule has 0 aliphatic rings. The van der Waals surface area contributed by atoms with Crippen LogP contribution < -0.4 is 19.8 Å². The molecule has 0 spiro atoms. The van der Waals surface area contributed by atoms with Crippen LogP contribution >= 0.6 is 0 Å². The zero-order chi connectivity index (χ0) is 24.6. The SMILES string of the molecule is COc1cc(OC)cc([C@H](/C=C/C=O)CO[Si](c2ccccc2)(c2ccccc2)C(C)(C)C)c1. The van der Waals surface area contributed by atoms with Crippen LogP contribution in [-0.2, 0) is 9.22 Å². The average molecular weight is 475 g/mol. The van der Waals surface area contributed by atoms with Gasteiger partial charge in [0.1, 0.15) is 17.8 Å². The monoisotopic (exact) mass is 474 g/mol. The summed E-state index contributed by atoms with van der Waals surface area (Å²) in [5.41, 5.74) is 0.965. The first-order valence-electron chi connectivity index (χ1n) is 11.5. The number of benzene rings is 3. The van der Waals surface area contributed by atoms with E-state index in [1.165, 1.54) is 16.4 Å². The van der Waals surface area contributed by atoms with Gasteiger partial charge in [-0.15, -0.1) is 0 Å². The van der Waals surface area contributed by atoms with E-state index in [1.807, 2.05) is 36.4 Å². The van der Waals surface area contributed by atoms with Crippen LogP contribution in [-0.4, -0.2) is 35.4 Å². The molecule has 3 aromatic carbocycles. The van der Waals surface area contributed by atoms with Gasteiger partial charge in [0.2, 0.25) is 0 Å². The van der Waals surface area contributed by atoms with E-state index in [0.29, 0.717) is 18.1 Å². The minimum atomic E-state index is -2.71. The van der Waals surface area contributed by atoms with Crippen molar-refractivity contribution in [3.63, 3.8) is 0 Å². The van der Waals surface area contributed by atoms with E-state index in [-0.39, 0.29) is 11.0 Å². The highest BCUT2D eigenvalue weighted by atomic mass is 28.4. The molecule has 0 saturated heterocycles. The molecule has 0 aliphatic heterocycles. The molecule has 0 aromatic heterocycles. The molecule has 0 heterocycles. The predicted molar refractivity (Wildman–Crippen MR) is 141 cm³/mol. The van der Waals surface area contributed by atoms with Gasteiger partial charge in [-0.05, 0) is 39.2 Å². The highest BCUT2D eigenvalue weighted by molar-refractivity contribution is 6.99. The number of rotatable bonds is 10. The van der Waals surface area contributed by atoms with Crippen molar-refractivity contribution in [1.29, 1.82) is 0 Å². The number of carbonyl (C=O) groups excluding carboxylic acids is 1. The topological polar surface area (TPSA) is 44.8 Å². The van der Waals surface area contributed by atoms with E-state index in [0.717, 1.165) is 11.8 Å². The number of hydrogen-bond acceptors (Lipinski definition) is 4. The van der Waals surface area contributed by atoms with Gasteiger partial charge in [-0.2, -0.15) is 0 Å². The van der Waals surface area contributed by atoms with Crippen molar-refractivity contribution in [2.45, 2.75) is 31.7 Å². The van der Waals surface area contributed by atoms with Crippen molar-refractivity contribution in [2.24, 2.45) is 0 Å². The number of carbonyl (C=O) groups is 1. The van der Waals surface area contributed by atoms with Crippen LogP contribution in [0.2, 0.25) is 5.04 Å². The lowest BCUT2D eigenvalue weighted by Crippen LogP contribution is -2.66. The van der Waals surface area contributed by atoms with Crippen LogP contribution in [0, 0.1) is 0 Å². The van der Waals surface area contributed by atoms with Gasteiger partial charge < -0.3 is 13.9 Å². The first-order chi connectivity index (χ1) is 16.4. The van der Waals surface area contributed by atoms with Crippen LogP contribution in [0.1, 0.15) is 32.3 Å². The molecular weight excluding hydrogens is 440 g/mol. The van der Waals surface area contributed by atoms with Gasteiger partial charge in [0.15, 0.2) is 0 Å². The first-order valence-corrected chi connectivity index (χ1v) is 13.4. The summed E-state index contributed by atoms with van der Waals surface area (Å²) in [5, 5.41) is 2.30. The molecule has 178 valence electrons. The summed E-state index contributed by atoms with van der Waals surface area (Å²) in [4.78, 5) is 11.2. The highest BCUT2D eigenvalue weighted by Gasteiger charge is 2.50. The summed E-state index contributed by atoms with van der Waals surface area (Å²) in [5.74, 6) is 1.24. The van der Waals surface area contributed by atoms with Crippen molar-refractivity contribution in [3.8, 4) is 11.5 Å². The smallest absolute Gasteiger partial charge is 0.261 e. The maximum absolute atomic E-state index is 11.2. The Morgan fingerprint density at radius 3 is 1.74 bits per heavy atom. The average Bonchev–Trinajstić information content (AvgIpc) is 2.86. The van der Waals surface area contributed by atoms with Gasteiger partial charge in [-0.25, -0.2) is 0 Å². The zero-order valence-electron chi connectivity index (χ0n) is 20.7. The van der Waals surface area contributed by atoms with Gasteiger partial charge in [0.25, 0.3) is 8.32 Å². The Hall–Kier alpha value is -3.15. The summed E-state index contributed by atoms with van der Waals surface area (Å²) < 4.78 is 18.1. The summed E-state index contributed by atoms with van der Waals surface area (Å²) in [6.45, 7) is 7.17. The Kier molecular flexibility index (Phi) is 8.48. The Bertz CT molecular complexity index is 1030. The van der Waals surface area contributed by atoms with Crippen molar-refractivity contribution in [3.05, 3.63) is 96.6 Å². The van der Waals surface area contributed by atoms with Gasteiger partial charge in [0.05, 0.1) is 14.2 Å². The molecule has 4 nitrogen and oxygen atoms in total. The molecule has 0 amide bonds. The molecule has 3 rings (SSSR count). The van der Waals surface area contributed by atoms with E-state index in [9.17, 15) is 4.79 Å². The van der Waals surface area contributed by atoms with Crippen molar-refractivity contribution in [1.82, 2.24) is 0 Å². The van der Waals surface area contributed by atoms with Crippen molar-refractivity contribution < 1.29 is 18.7 Å². The largest absolute Gasteiger partial charge is 0.497 e. The van der Waals surface area contributed by atoms with Gasteiger partial charge in [-0.1, -0.05) is 87.5 Å². The molecule has 0 fully saturated rings. The standard InChI is InChI=1S/C29H34O4Si/c1-29(2,3)34(27-14-8-6-9-15-27,28-16-10-7-11-17-28)33-22-23(13-12-18-30)24-19-25(31-4)21-26(20-24)32-5/h6-21,23H,22H2,1-5H3/b13-12+/t23-/m1/s1. The van der Waals surface area contributed by atoms with Crippen LogP contribution in [0.5, 0.6) is 11.5 Å². The lowest BCUT2D eigenvalue weighted by Gasteiger charge is -2.43. The predicted octanol–water partition coefficient (Wildman–Crippen LogP) is 5.12. The number of methoxy groups -OCH3 is 2. The van der Waals surface area contributed by atoms with Gasteiger partial charge >= 0.3 is 0 Å². The Labute approximate surface area is 204 Å². The molecule has 0 aliphatic carbocycles. The van der Waals surface area contributed by atoms with E-state index in [2.05, 4.69) is 69.3 Å². The van der Waals surface area contributed by atoms with Crippen LogP contribution in [0.4, 0.5) is 0 Å². The second-order valence-corrected chi connectivity index (χ2v) is 13.6. The van der Waals surface area contributed by atoms with Crippen LogP contribution in [0.3, 0.4) is 0 Å². The van der Waals surface area contributed by atoms with E-state index >= 15 is 0 Å². The number of aldehydes is 1. The van der Waals surface area contributed by atoms with E-state index in [4.69, 9.17) is 13.9 Å². The zero-order valence-corrected chi connectivity index (χ0v) is 21.7. The first kappa shape index (κ1) is 25.5. The Morgan fingerprint density at radius 1 is 0.824 bits per heavy atom. The summed E-state index contributed by atoms with van der Waals surface area (Å²) in [7, 11) is 0.552. The van der Waals surface area contributed by atoms with Crippen molar-refractivity contribution >= 4 is 25.0 Å². The van der Waals surface area contributed by atoms with E-state index < -0.39 is 8.32 Å². The molecule has 0 N–H and O–H groups in total. The summed E-state index contributed by atoms with van der Waals surface area (Å²) >= 11 is 0. The second kappa shape index (κ2) is 11.3. The molecule has 0 bridgehead atoms. The Balaban J connectivity index is 2.11. The van der Waals surface area contributed by atoms with Gasteiger partial charge in [-0.3, -0.25) is 4.79 Å². The maximum Gasteiger partial charge on any atom is 0.261 e. The minimum Gasteiger partial charge on any atom is -0.497 e. The van der Waals surface area contributed by atoms with Crippen molar-refractivity contribution in [2.75, 3.05) is 20.8 Å². The quantitative estimate of drug-likeness (QED) is 0.232. The Morgan fingerprint density at radius 2 is 1.32 bits per heavy atom. The molecule has 0 saturated carbocycles. The third kappa shape index (κ3) is 5.49.